The molecule has 0 radical (unpaired) electrons. The molecule has 4 heteroatoms. The Labute approximate surface area is 65.8 Å². The van der Waals surface area contributed by atoms with E-state index in [4.69, 9.17) is 0 Å². The zero-order valence-corrected chi connectivity index (χ0v) is 6.99. The van der Waals surface area contributed by atoms with Gasteiger partial charge in [-0.2, -0.15) is 25.3 Å². The maximum atomic E-state index is 10.2. The Kier molecular flexibility index (Phi) is 5.09. The van der Waals surface area contributed by atoms with Gasteiger partial charge < -0.3 is 4.74 Å². The van der Waals surface area contributed by atoms with E-state index in [2.05, 4.69) is 30.0 Å². The third-order valence-corrected chi connectivity index (χ3v) is 1.75. The van der Waals surface area contributed by atoms with Gasteiger partial charge in [-0.15, -0.1) is 0 Å². The smallest absolute Gasteiger partial charge is 0.302 e. The predicted octanol–water partition coefficient (Wildman–Crippen LogP) is 0.778. The van der Waals surface area contributed by atoms with E-state index in [-0.39, 0.29) is 11.2 Å². The van der Waals surface area contributed by atoms with Gasteiger partial charge in [0.1, 0.15) is 6.61 Å². The summed E-state index contributed by atoms with van der Waals surface area (Å²) in [7, 11) is 0. The zero-order valence-electron chi connectivity index (χ0n) is 5.20. The quantitative estimate of drug-likeness (QED) is 0.478. The Bertz CT molecular complexity index is 95.0. The van der Waals surface area contributed by atoms with Gasteiger partial charge in [0.25, 0.3) is 0 Å². The fourth-order valence-electron chi connectivity index (χ4n) is 0.266. The van der Waals surface area contributed by atoms with Crippen molar-refractivity contribution in [1.29, 1.82) is 0 Å². The van der Waals surface area contributed by atoms with Crippen LogP contribution in [0.4, 0.5) is 0 Å². The Hall–Kier alpha value is 0.170. The molecule has 0 bridgehead atoms. The third-order valence-electron chi connectivity index (χ3n) is 0.690. The number of hydrogen-bond acceptors (Lipinski definition) is 4. The first-order valence-corrected chi connectivity index (χ1v) is 3.74. The summed E-state index contributed by atoms with van der Waals surface area (Å²) in [5.41, 5.74) is 0. The van der Waals surface area contributed by atoms with Gasteiger partial charge in [-0.25, -0.2) is 0 Å². The third kappa shape index (κ3) is 6.05. The Balaban J connectivity index is 3.16. The van der Waals surface area contributed by atoms with Crippen molar-refractivity contribution in [2.24, 2.45) is 0 Å². The Morgan fingerprint density at radius 1 is 1.78 bits per heavy atom. The molecule has 0 aliphatic rings. The molecule has 0 heterocycles. The van der Waals surface area contributed by atoms with Crippen molar-refractivity contribution in [1.82, 2.24) is 0 Å². The van der Waals surface area contributed by atoms with E-state index < -0.39 is 0 Å². The summed E-state index contributed by atoms with van der Waals surface area (Å²) in [6.07, 6.45) is 0. The van der Waals surface area contributed by atoms with E-state index >= 15 is 0 Å². The first kappa shape index (κ1) is 9.17. The first-order chi connectivity index (χ1) is 4.16. The number of ether oxygens (including phenoxy) is 1. The van der Waals surface area contributed by atoms with Crippen molar-refractivity contribution in [3.05, 3.63) is 0 Å². The lowest BCUT2D eigenvalue weighted by Crippen LogP contribution is -2.13. The molecule has 0 N–H and O–H groups in total. The standard InChI is InChI=1S/C5H10O2S2/c1-4(6)7-2-5(9)3-8/h5,8-9H,2-3H2,1H3. The summed E-state index contributed by atoms with van der Waals surface area (Å²) in [5, 5.41) is 0.0530. The van der Waals surface area contributed by atoms with Crippen LogP contribution in [0.15, 0.2) is 0 Å². The molecular weight excluding hydrogens is 156 g/mol. The molecule has 9 heavy (non-hydrogen) atoms. The van der Waals surface area contributed by atoms with Crippen LogP contribution < -0.4 is 0 Å². The van der Waals surface area contributed by atoms with Crippen LogP contribution in [0.25, 0.3) is 0 Å². The van der Waals surface area contributed by atoms with Crippen LogP contribution in [0.3, 0.4) is 0 Å². The number of rotatable bonds is 3. The molecule has 2 nitrogen and oxygen atoms in total. The van der Waals surface area contributed by atoms with Gasteiger partial charge in [-0.05, 0) is 0 Å². The van der Waals surface area contributed by atoms with Gasteiger partial charge in [0, 0.05) is 17.9 Å². The normalized spacial score (nSPS) is 12.8. The Morgan fingerprint density at radius 2 is 2.33 bits per heavy atom. The highest BCUT2D eigenvalue weighted by Gasteiger charge is 2.00. The molecule has 0 aromatic rings. The molecule has 0 aliphatic heterocycles. The van der Waals surface area contributed by atoms with Crippen LogP contribution in [-0.2, 0) is 9.53 Å². The van der Waals surface area contributed by atoms with Gasteiger partial charge in [-0.1, -0.05) is 0 Å². The molecule has 0 rings (SSSR count). The lowest BCUT2D eigenvalue weighted by molar-refractivity contribution is -0.140. The largest absolute Gasteiger partial charge is 0.465 e. The summed E-state index contributed by atoms with van der Waals surface area (Å²) in [6, 6.07) is 0. The zero-order chi connectivity index (χ0) is 7.28. The number of esters is 1. The van der Waals surface area contributed by atoms with Gasteiger partial charge in [-0.3, -0.25) is 4.79 Å². The van der Waals surface area contributed by atoms with Crippen molar-refractivity contribution in [2.45, 2.75) is 12.2 Å². The molecule has 0 saturated carbocycles. The van der Waals surface area contributed by atoms with Crippen LogP contribution in [0.2, 0.25) is 0 Å². The molecule has 1 unspecified atom stereocenters. The lowest BCUT2D eigenvalue weighted by atomic mass is 10.5. The van der Waals surface area contributed by atoms with Crippen molar-refractivity contribution >= 4 is 31.2 Å². The second-order valence-electron chi connectivity index (χ2n) is 1.64. The maximum Gasteiger partial charge on any atom is 0.302 e. The molecule has 0 aliphatic carbocycles. The lowest BCUT2D eigenvalue weighted by Gasteiger charge is -2.05. The molecule has 0 saturated heterocycles. The first-order valence-electron chi connectivity index (χ1n) is 2.59. The average Bonchev–Trinajstić information content (AvgIpc) is 1.83. The molecule has 0 aromatic carbocycles. The summed E-state index contributed by atoms with van der Waals surface area (Å²) in [4.78, 5) is 10.2. The van der Waals surface area contributed by atoms with Gasteiger partial charge in [0.2, 0.25) is 0 Å². The van der Waals surface area contributed by atoms with Crippen LogP contribution in [0.1, 0.15) is 6.92 Å². The number of thiol groups is 2. The monoisotopic (exact) mass is 166 g/mol. The van der Waals surface area contributed by atoms with Crippen molar-refractivity contribution < 1.29 is 9.53 Å². The number of carbonyl (C=O) groups excluding carboxylic acids is 1. The van der Waals surface area contributed by atoms with Gasteiger partial charge in [0.05, 0.1) is 0 Å². The molecule has 0 aromatic heterocycles. The van der Waals surface area contributed by atoms with Crippen LogP contribution >= 0.6 is 25.3 Å². The van der Waals surface area contributed by atoms with E-state index in [1.807, 2.05) is 0 Å². The molecule has 54 valence electrons. The van der Waals surface area contributed by atoms with E-state index in [1.54, 1.807) is 0 Å². The minimum Gasteiger partial charge on any atom is -0.465 e. The molecular formula is C5H10O2S2. The predicted molar refractivity (Wildman–Crippen MR) is 43.3 cm³/mol. The minimum absolute atomic E-state index is 0.0530. The number of hydrogen-bond donors (Lipinski definition) is 2. The van der Waals surface area contributed by atoms with Gasteiger partial charge in [0.15, 0.2) is 0 Å². The highest BCUT2D eigenvalue weighted by atomic mass is 32.1. The minimum atomic E-state index is -0.268. The summed E-state index contributed by atoms with van der Waals surface area (Å²) in [5.74, 6) is 0.354. The maximum absolute atomic E-state index is 10.2. The van der Waals surface area contributed by atoms with Crippen LogP contribution in [0.5, 0.6) is 0 Å². The SMILES string of the molecule is CC(=O)OCC(S)CS. The molecule has 0 spiro atoms. The van der Waals surface area contributed by atoms with Crippen LogP contribution in [0, 0.1) is 0 Å². The topological polar surface area (TPSA) is 26.3 Å². The molecule has 0 fully saturated rings. The number of carbonyl (C=O) groups is 1. The van der Waals surface area contributed by atoms with E-state index in [1.165, 1.54) is 6.92 Å². The fraction of sp³-hybridized carbons (Fsp3) is 0.800. The second-order valence-corrected chi connectivity index (χ2v) is 2.73. The van der Waals surface area contributed by atoms with Gasteiger partial charge >= 0.3 is 5.97 Å². The average molecular weight is 166 g/mol. The summed E-state index contributed by atoms with van der Waals surface area (Å²) < 4.78 is 4.63. The van der Waals surface area contributed by atoms with E-state index in [9.17, 15) is 4.79 Å². The van der Waals surface area contributed by atoms with Crippen molar-refractivity contribution in [2.75, 3.05) is 12.4 Å². The van der Waals surface area contributed by atoms with Crippen molar-refractivity contribution in [3.63, 3.8) is 0 Å². The summed E-state index contributed by atoms with van der Waals surface area (Å²) >= 11 is 8.00. The van der Waals surface area contributed by atoms with E-state index in [0.29, 0.717) is 12.4 Å². The Morgan fingerprint density at radius 3 is 2.67 bits per heavy atom. The van der Waals surface area contributed by atoms with E-state index in [0.717, 1.165) is 0 Å². The molecule has 1 atom stereocenters. The highest BCUT2D eigenvalue weighted by molar-refractivity contribution is 7.84. The van der Waals surface area contributed by atoms with Crippen LogP contribution in [-0.4, -0.2) is 23.6 Å². The second kappa shape index (κ2) is 4.99. The highest BCUT2D eigenvalue weighted by Crippen LogP contribution is 1.97. The summed E-state index contributed by atoms with van der Waals surface area (Å²) in [6.45, 7) is 1.72. The molecule has 0 amide bonds. The van der Waals surface area contributed by atoms with Crippen molar-refractivity contribution in [3.8, 4) is 0 Å². The fourth-order valence-corrected chi connectivity index (χ4v) is 0.446.